The molecule has 2 nitrogen and oxygen atoms in total. The van der Waals surface area contributed by atoms with Gasteiger partial charge in [0, 0.05) is 19.1 Å². The van der Waals surface area contributed by atoms with Crippen molar-refractivity contribution in [3.05, 3.63) is 29.6 Å². The summed E-state index contributed by atoms with van der Waals surface area (Å²) in [6.45, 7) is 5.77. The van der Waals surface area contributed by atoms with E-state index in [0.717, 1.165) is 24.6 Å². The molecule has 17 heavy (non-hydrogen) atoms. The van der Waals surface area contributed by atoms with Crippen LogP contribution in [0.3, 0.4) is 0 Å². The van der Waals surface area contributed by atoms with Crippen LogP contribution in [0.5, 0.6) is 0 Å². The number of nitrogens with two attached hydrogens (primary N) is 1. The maximum atomic E-state index is 14.0. The SMILES string of the molecule is CCN(CC1CC1)c1ccc([C@H](C)N)cc1F. The Kier molecular flexibility index (Phi) is 3.67. The Balaban J connectivity index is 2.17. The Morgan fingerprint density at radius 1 is 1.47 bits per heavy atom. The van der Waals surface area contributed by atoms with Gasteiger partial charge in [0.2, 0.25) is 0 Å². The molecule has 1 aromatic rings. The van der Waals surface area contributed by atoms with Gasteiger partial charge in [-0.05, 0) is 50.3 Å². The van der Waals surface area contributed by atoms with Crippen LogP contribution in [0.15, 0.2) is 18.2 Å². The first-order valence-electron chi connectivity index (χ1n) is 6.41. The van der Waals surface area contributed by atoms with Crippen molar-refractivity contribution in [3.8, 4) is 0 Å². The predicted molar refractivity (Wildman–Crippen MR) is 69.6 cm³/mol. The second kappa shape index (κ2) is 5.05. The molecule has 0 amide bonds. The smallest absolute Gasteiger partial charge is 0.146 e. The van der Waals surface area contributed by atoms with E-state index in [4.69, 9.17) is 5.73 Å². The molecular formula is C14H21FN2. The minimum atomic E-state index is -0.151. The van der Waals surface area contributed by atoms with Gasteiger partial charge in [0.15, 0.2) is 0 Å². The maximum Gasteiger partial charge on any atom is 0.146 e. The largest absolute Gasteiger partial charge is 0.369 e. The Bertz CT molecular complexity index is 386. The van der Waals surface area contributed by atoms with Crippen molar-refractivity contribution in [1.29, 1.82) is 0 Å². The fourth-order valence-corrected chi connectivity index (χ4v) is 2.07. The van der Waals surface area contributed by atoms with E-state index in [-0.39, 0.29) is 11.9 Å². The van der Waals surface area contributed by atoms with E-state index in [0.29, 0.717) is 5.69 Å². The summed E-state index contributed by atoms with van der Waals surface area (Å²) in [5.74, 6) is 0.616. The molecule has 1 aliphatic rings. The van der Waals surface area contributed by atoms with Crippen LogP contribution in [0.4, 0.5) is 10.1 Å². The lowest BCUT2D eigenvalue weighted by atomic mass is 10.1. The first-order valence-corrected chi connectivity index (χ1v) is 6.41. The molecule has 1 saturated carbocycles. The standard InChI is InChI=1S/C14H21FN2/c1-3-17(9-11-4-5-11)14-7-6-12(10(2)16)8-13(14)15/h6-8,10-11H,3-5,9,16H2,1-2H3/t10-/m0/s1. The summed E-state index contributed by atoms with van der Waals surface area (Å²) in [5.41, 5.74) is 7.32. The summed E-state index contributed by atoms with van der Waals surface area (Å²) >= 11 is 0. The fourth-order valence-electron chi connectivity index (χ4n) is 2.07. The highest BCUT2D eigenvalue weighted by Crippen LogP contribution is 2.32. The molecule has 0 unspecified atom stereocenters. The molecule has 1 fully saturated rings. The highest BCUT2D eigenvalue weighted by atomic mass is 19.1. The molecule has 0 bridgehead atoms. The fraction of sp³-hybridized carbons (Fsp3) is 0.571. The zero-order valence-corrected chi connectivity index (χ0v) is 10.6. The zero-order valence-electron chi connectivity index (χ0n) is 10.6. The Hall–Kier alpha value is -1.09. The minimum absolute atomic E-state index is 0.114. The number of rotatable bonds is 5. The molecule has 2 N–H and O–H groups in total. The van der Waals surface area contributed by atoms with E-state index < -0.39 is 0 Å². The number of hydrogen-bond donors (Lipinski definition) is 1. The molecule has 1 atom stereocenters. The number of hydrogen-bond acceptors (Lipinski definition) is 2. The van der Waals surface area contributed by atoms with E-state index >= 15 is 0 Å². The molecule has 3 heteroatoms. The van der Waals surface area contributed by atoms with Gasteiger partial charge in [0.25, 0.3) is 0 Å². The number of halogens is 1. The Morgan fingerprint density at radius 2 is 2.18 bits per heavy atom. The van der Waals surface area contributed by atoms with Gasteiger partial charge in [-0.25, -0.2) is 4.39 Å². The van der Waals surface area contributed by atoms with Crippen LogP contribution in [0, 0.1) is 11.7 Å². The monoisotopic (exact) mass is 236 g/mol. The molecule has 0 heterocycles. The Labute approximate surface area is 103 Å². The highest BCUT2D eigenvalue weighted by molar-refractivity contribution is 5.49. The van der Waals surface area contributed by atoms with E-state index in [2.05, 4.69) is 11.8 Å². The molecule has 0 aromatic heterocycles. The third kappa shape index (κ3) is 2.97. The lowest BCUT2D eigenvalue weighted by Gasteiger charge is -2.24. The van der Waals surface area contributed by atoms with Crippen molar-refractivity contribution in [2.45, 2.75) is 32.7 Å². The molecule has 2 rings (SSSR count). The van der Waals surface area contributed by atoms with Gasteiger partial charge in [0.1, 0.15) is 5.82 Å². The summed E-state index contributed by atoms with van der Waals surface area (Å²) in [5, 5.41) is 0. The average molecular weight is 236 g/mol. The van der Waals surface area contributed by atoms with Crippen molar-refractivity contribution in [1.82, 2.24) is 0 Å². The van der Waals surface area contributed by atoms with Crippen LogP contribution in [0.1, 0.15) is 38.3 Å². The summed E-state index contributed by atoms with van der Waals surface area (Å²) in [7, 11) is 0. The van der Waals surface area contributed by atoms with Crippen LogP contribution >= 0.6 is 0 Å². The van der Waals surface area contributed by atoms with E-state index in [1.54, 1.807) is 6.07 Å². The molecule has 94 valence electrons. The summed E-state index contributed by atoms with van der Waals surface area (Å²) in [6.07, 6.45) is 2.58. The molecule has 1 aromatic carbocycles. The second-order valence-corrected chi connectivity index (χ2v) is 4.98. The summed E-state index contributed by atoms with van der Waals surface area (Å²) < 4.78 is 14.0. The first kappa shape index (κ1) is 12.4. The van der Waals surface area contributed by atoms with Gasteiger partial charge in [-0.2, -0.15) is 0 Å². The molecular weight excluding hydrogens is 215 g/mol. The topological polar surface area (TPSA) is 29.3 Å². The Morgan fingerprint density at radius 3 is 2.65 bits per heavy atom. The van der Waals surface area contributed by atoms with Crippen LogP contribution in [-0.4, -0.2) is 13.1 Å². The van der Waals surface area contributed by atoms with Crippen LogP contribution in [-0.2, 0) is 0 Å². The van der Waals surface area contributed by atoms with Crippen LogP contribution < -0.4 is 10.6 Å². The normalized spacial score (nSPS) is 16.9. The number of anilines is 1. The summed E-state index contributed by atoms with van der Waals surface area (Å²) in [4.78, 5) is 2.12. The van der Waals surface area contributed by atoms with Crippen molar-refractivity contribution in [3.63, 3.8) is 0 Å². The third-order valence-electron chi connectivity index (χ3n) is 3.40. The van der Waals surface area contributed by atoms with Gasteiger partial charge in [-0.3, -0.25) is 0 Å². The molecule has 1 aliphatic carbocycles. The lowest BCUT2D eigenvalue weighted by Crippen LogP contribution is -2.26. The van der Waals surface area contributed by atoms with Crippen molar-refractivity contribution >= 4 is 5.69 Å². The molecule has 0 saturated heterocycles. The predicted octanol–water partition coefficient (Wildman–Crippen LogP) is 3.08. The third-order valence-corrected chi connectivity index (χ3v) is 3.40. The molecule has 0 aliphatic heterocycles. The second-order valence-electron chi connectivity index (χ2n) is 4.98. The summed E-state index contributed by atoms with van der Waals surface area (Å²) in [6, 6.07) is 5.24. The van der Waals surface area contributed by atoms with Crippen molar-refractivity contribution < 1.29 is 4.39 Å². The minimum Gasteiger partial charge on any atom is -0.369 e. The first-order chi connectivity index (χ1) is 8.11. The number of benzene rings is 1. The quantitative estimate of drug-likeness (QED) is 0.851. The van der Waals surface area contributed by atoms with E-state index in [1.807, 2.05) is 19.1 Å². The lowest BCUT2D eigenvalue weighted by molar-refractivity contribution is 0.608. The van der Waals surface area contributed by atoms with Crippen LogP contribution in [0.25, 0.3) is 0 Å². The number of nitrogens with zero attached hydrogens (tertiary/aromatic N) is 1. The van der Waals surface area contributed by atoms with Gasteiger partial charge in [0.05, 0.1) is 5.69 Å². The van der Waals surface area contributed by atoms with Gasteiger partial charge in [-0.1, -0.05) is 6.07 Å². The van der Waals surface area contributed by atoms with Gasteiger partial charge >= 0.3 is 0 Å². The average Bonchev–Trinajstić information content (AvgIpc) is 3.10. The van der Waals surface area contributed by atoms with E-state index in [9.17, 15) is 4.39 Å². The highest BCUT2D eigenvalue weighted by Gasteiger charge is 2.25. The van der Waals surface area contributed by atoms with Crippen LogP contribution in [0.2, 0.25) is 0 Å². The molecule has 0 spiro atoms. The van der Waals surface area contributed by atoms with Crippen molar-refractivity contribution in [2.75, 3.05) is 18.0 Å². The maximum absolute atomic E-state index is 14.0. The van der Waals surface area contributed by atoms with Gasteiger partial charge in [-0.15, -0.1) is 0 Å². The van der Waals surface area contributed by atoms with Crippen molar-refractivity contribution in [2.24, 2.45) is 11.7 Å². The zero-order chi connectivity index (χ0) is 12.4. The van der Waals surface area contributed by atoms with E-state index in [1.165, 1.54) is 12.8 Å². The molecule has 0 radical (unpaired) electrons. The van der Waals surface area contributed by atoms with Gasteiger partial charge < -0.3 is 10.6 Å².